The Morgan fingerprint density at radius 3 is 2.48 bits per heavy atom. The molecule has 0 atom stereocenters. The Labute approximate surface area is 132 Å². The number of aromatic nitrogens is 2. The number of hydrogen-bond donors (Lipinski definition) is 1. The van der Waals surface area contributed by atoms with E-state index in [-0.39, 0.29) is 0 Å². The molecule has 1 aromatic heterocycles. The van der Waals surface area contributed by atoms with Crippen LogP contribution in [0.1, 0.15) is 17.0 Å². The fraction of sp³-hybridized carbons (Fsp3) is 0.188. The average molecular weight is 321 g/mol. The first-order valence-corrected chi connectivity index (χ1v) is 7.33. The predicted octanol–water partition coefficient (Wildman–Crippen LogP) is 5.07. The van der Waals surface area contributed by atoms with Gasteiger partial charge in [0, 0.05) is 0 Å². The van der Waals surface area contributed by atoms with Gasteiger partial charge in [-0.15, -0.1) is 0 Å². The van der Waals surface area contributed by atoms with Gasteiger partial charge in [-0.25, -0.2) is 4.98 Å². The maximum atomic E-state index is 6.00. The van der Waals surface area contributed by atoms with Gasteiger partial charge in [0.25, 0.3) is 0 Å². The van der Waals surface area contributed by atoms with E-state index in [0.29, 0.717) is 16.7 Å². The molecule has 0 fully saturated rings. The fourth-order valence-electron chi connectivity index (χ4n) is 2.29. The maximum absolute atomic E-state index is 6.00. The van der Waals surface area contributed by atoms with Gasteiger partial charge in [0.15, 0.2) is 0 Å². The van der Waals surface area contributed by atoms with Crippen molar-refractivity contribution >= 4 is 34.2 Å². The van der Waals surface area contributed by atoms with Crippen LogP contribution in [0.25, 0.3) is 11.0 Å². The number of aryl methyl sites for hydroxylation is 2. The molecule has 2 aromatic carbocycles. The molecule has 0 bridgehead atoms. The number of nitrogens with one attached hydrogen (secondary N) is 1. The Hall–Kier alpha value is -1.71. The molecule has 1 N–H and O–H groups in total. The number of imidazole rings is 1. The number of halogens is 2. The van der Waals surface area contributed by atoms with Gasteiger partial charge in [-0.1, -0.05) is 41.4 Å². The lowest BCUT2D eigenvalue weighted by Gasteiger charge is -2.10. The second-order valence-electron chi connectivity index (χ2n) is 4.98. The number of para-hydroxylation sites is 1. The van der Waals surface area contributed by atoms with E-state index in [4.69, 9.17) is 27.9 Å². The van der Waals surface area contributed by atoms with E-state index >= 15 is 0 Å². The van der Waals surface area contributed by atoms with Gasteiger partial charge < -0.3 is 9.72 Å². The molecule has 0 saturated heterocycles. The Morgan fingerprint density at radius 1 is 1.10 bits per heavy atom. The van der Waals surface area contributed by atoms with Gasteiger partial charge in [-0.3, -0.25) is 0 Å². The summed E-state index contributed by atoms with van der Waals surface area (Å²) >= 11 is 12.0. The van der Waals surface area contributed by atoms with Crippen molar-refractivity contribution in [3.63, 3.8) is 0 Å². The maximum Gasteiger partial charge on any atom is 0.146 e. The van der Waals surface area contributed by atoms with Gasteiger partial charge in [0.05, 0.1) is 21.1 Å². The van der Waals surface area contributed by atoms with Crippen molar-refractivity contribution in [2.45, 2.75) is 20.5 Å². The van der Waals surface area contributed by atoms with Crippen molar-refractivity contribution < 1.29 is 4.74 Å². The predicted molar refractivity (Wildman–Crippen MR) is 86.4 cm³/mol. The van der Waals surface area contributed by atoms with Gasteiger partial charge >= 0.3 is 0 Å². The molecule has 0 aliphatic heterocycles. The first kappa shape index (κ1) is 14.2. The lowest BCUT2D eigenvalue weighted by atomic mass is 10.1. The van der Waals surface area contributed by atoms with Crippen LogP contribution < -0.4 is 4.74 Å². The molecule has 0 unspecified atom stereocenters. The normalized spacial score (nSPS) is 11.0. The van der Waals surface area contributed by atoms with Crippen LogP contribution in [-0.2, 0) is 6.61 Å². The minimum Gasteiger partial charge on any atom is -0.485 e. The van der Waals surface area contributed by atoms with E-state index in [1.807, 2.05) is 32.0 Å². The summed E-state index contributed by atoms with van der Waals surface area (Å²) in [5, 5.41) is 1.01. The molecule has 0 saturated carbocycles. The summed E-state index contributed by atoms with van der Waals surface area (Å²) in [4.78, 5) is 7.66. The Bertz CT molecular complexity index is 752. The summed E-state index contributed by atoms with van der Waals surface area (Å²) in [6.45, 7) is 4.43. The largest absolute Gasteiger partial charge is 0.485 e. The molecule has 0 spiro atoms. The van der Waals surface area contributed by atoms with Crippen molar-refractivity contribution in [2.24, 2.45) is 0 Å². The molecule has 0 aliphatic rings. The summed E-state index contributed by atoms with van der Waals surface area (Å²) < 4.78 is 5.88. The molecule has 3 rings (SSSR count). The second kappa shape index (κ2) is 5.58. The molecule has 108 valence electrons. The number of rotatable bonds is 3. The molecule has 5 heteroatoms. The zero-order chi connectivity index (χ0) is 15.0. The standard InChI is InChI=1S/C16H14Cl2N2O/c1-9-4-3-5-10(2)16(9)21-8-15-19-13-6-11(17)12(18)7-14(13)20-15/h3-7H,8H2,1-2H3,(H,19,20). The summed E-state index contributed by atoms with van der Waals surface area (Å²) in [6, 6.07) is 9.59. The summed E-state index contributed by atoms with van der Waals surface area (Å²) in [5.41, 5.74) is 3.85. The third-order valence-corrected chi connectivity index (χ3v) is 4.06. The Kier molecular flexibility index (Phi) is 3.79. The van der Waals surface area contributed by atoms with Crippen LogP contribution in [0.2, 0.25) is 10.0 Å². The first-order valence-electron chi connectivity index (χ1n) is 6.57. The van der Waals surface area contributed by atoms with Gasteiger partial charge in [0.1, 0.15) is 18.2 Å². The lowest BCUT2D eigenvalue weighted by molar-refractivity contribution is 0.293. The summed E-state index contributed by atoms with van der Waals surface area (Å²) in [7, 11) is 0. The molecule has 0 radical (unpaired) electrons. The Morgan fingerprint density at radius 2 is 1.76 bits per heavy atom. The number of ether oxygens (including phenoxy) is 1. The van der Waals surface area contributed by atoms with Crippen molar-refractivity contribution in [2.75, 3.05) is 0 Å². The summed E-state index contributed by atoms with van der Waals surface area (Å²) in [5.74, 6) is 1.64. The van der Waals surface area contributed by atoms with Crippen molar-refractivity contribution in [1.82, 2.24) is 9.97 Å². The van der Waals surface area contributed by atoms with Crippen LogP contribution in [0.15, 0.2) is 30.3 Å². The third-order valence-electron chi connectivity index (χ3n) is 3.33. The van der Waals surface area contributed by atoms with E-state index in [0.717, 1.165) is 33.7 Å². The van der Waals surface area contributed by atoms with Gasteiger partial charge in [-0.2, -0.15) is 0 Å². The monoisotopic (exact) mass is 320 g/mol. The fourth-order valence-corrected chi connectivity index (χ4v) is 2.62. The zero-order valence-corrected chi connectivity index (χ0v) is 13.2. The third kappa shape index (κ3) is 2.85. The van der Waals surface area contributed by atoms with E-state index < -0.39 is 0 Å². The van der Waals surface area contributed by atoms with E-state index in [2.05, 4.69) is 9.97 Å². The highest BCUT2D eigenvalue weighted by atomic mass is 35.5. The minimum absolute atomic E-state index is 0.371. The van der Waals surface area contributed by atoms with Crippen LogP contribution in [0.5, 0.6) is 5.75 Å². The van der Waals surface area contributed by atoms with Crippen LogP contribution in [-0.4, -0.2) is 9.97 Å². The summed E-state index contributed by atoms with van der Waals surface area (Å²) in [6.07, 6.45) is 0. The van der Waals surface area contributed by atoms with E-state index in [1.165, 1.54) is 0 Å². The van der Waals surface area contributed by atoms with Gasteiger partial charge in [0.2, 0.25) is 0 Å². The first-order chi connectivity index (χ1) is 10.0. The lowest BCUT2D eigenvalue weighted by Crippen LogP contribution is -2.00. The highest BCUT2D eigenvalue weighted by Gasteiger charge is 2.09. The minimum atomic E-state index is 0.371. The number of fused-ring (bicyclic) bond motifs is 1. The second-order valence-corrected chi connectivity index (χ2v) is 5.79. The van der Waals surface area contributed by atoms with E-state index in [1.54, 1.807) is 12.1 Å². The topological polar surface area (TPSA) is 37.9 Å². The average Bonchev–Trinajstić information content (AvgIpc) is 2.80. The molecular formula is C16H14Cl2N2O. The van der Waals surface area contributed by atoms with E-state index in [9.17, 15) is 0 Å². The highest BCUT2D eigenvalue weighted by molar-refractivity contribution is 6.42. The van der Waals surface area contributed by atoms with Crippen LogP contribution in [0.4, 0.5) is 0 Å². The number of aromatic amines is 1. The number of benzene rings is 2. The number of nitrogens with zero attached hydrogens (tertiary/aromatic N) is 1. The zero-order valence-electron chi connectivity index (χ0n) is 11.7. The van der Waals surface area contributed by atoms with Crippen LogP contribution in [0, 0.1) is 13.8 Å². The Balaban J connectivity index is 1.85. The van der Waals surface area contributed by atoms with Crippen molar-refractivity contribution in [1.29, 1.82) is 0 Å². The molecule has 0 aliphatic carbocycles. The molecular weight excluding hydrogens is 307 g/mol. The van der Waals surface area contributed by atoms with Crippen molar-refractivity contribution in [3.8, 4) is 5.75 Å². The number of H-pyrrole nitrogens is 1. The van der Waals surface area contributed by atoms with Gasteiger partial charge in [-0.05, 0) is 37.1 Å². The SMILES string of the molecule is Cc1cccc(C)c1OCc1nc2cc(Cl)c(Cl)cc2[nH]1. The van der Waals surface area contributed by atoms with Crippen LogP contribution in [0.3, 0.4) is 0 Å². The number of hydrogen-bond acceptors (Lipinski definition) is 2. The molecule has 3 aromatic rings. The molecule has 0 amide bonds. The van der Waals surface area contributed by atoms with Crippen molar-refractivity contribution in [3.05, 3.63) is 57.3 Å². The molecule has 1 heterocycles. The highest BCUT2D eigenvalue weighted by Crippen LogP contribution is 2.27. The quantitative estimate of drug-likeness (QED) is 0.732. The smallest absolute Gasteiger partial charge is 0.146 e. The van der Waals surface area contributed by atoms with Crippen LogP contribution >= 0.6 is 23.2 Å². The molecule has 3 nitrogen and oxygen atoms in total. The molecule has 21 heavy (non-hydrogen) atoms.